The van der Waals surface area contributed by atoms with E-state index in [1.54, 1.807) is 12.3 Å². The Morgan fingerprint density at radius 3 is 3.06 bits per heavy atom. The molecule has 1 aliphatic heterocycles. The van der Waals surface area contributed by atoms with E-state index in [-0.39, 0.29) is 11.6 Å². The van der Waals surface area contributed by atoms with Crippen LogP contribution in [-0.2, 0) is 6.42 Å². The number of fused-ring (bicyclic) bond motifs is 3. The van der Waals surface area contributed by atoms with Crippen molar-refractivity contribution in [3.63, 3.8) is 0 Å². The molecular formula is C14H15FNO2+. The molecule has 2 aromatic rings. The summed E-state index contributed by atoms with van der Waals surface area (Å²) >= 11 is 0. The average Bonchev–Trinajstić information content (AvgIpc) is 2.38. The lowest BCUT2D eigenvalue weighted by Crippen LogP contribution is -2.21. The Morgan fingerprint density at radius 1 is 1.44 bits per heavy atom. The third kappa shape index (κ3) is 1.60. The molecule has 0 spiro atoms. The fraction of sp³-hybridized carbons (Fsp3) is 0.357. The molecule has 0 bridgehead atoms. The van der Waals surface area contributed by atoms with Crippen molar-refractivity contribution in [2.45, 2.75) is 13.3 Å². The fourth-order valence-electron chi connectivity index (χ4n) is 2.45. The summed E-state index contributed by atoms with van der Waals surface area (Å²) in [6.45, 7) is 2.78. The number of halogens is 1. The van der Waals surface area contributed by atoms with Crippen LogP contribution in [0.5, 0.6) is 11.5 Å². The summed E-state index contributed by atoms with van der Waals surface area (Å²) < 4.78 is 25.1. The maximum Gasteiger partial charge on any atom is 0.214 e. The number of methoxy groups -OCH3 is 1. The largest absolute Gasteiger partial charge is 0.494 e. The molecule has 1 aromatic carbocycles. The van der Waals surface area contributed by atoms with Gasteiger partial charge in [0.05, 0.1) is 19.1 Å². The van der Waals surface area contributed by atoms with Gasteiger partial charge in [-0.05, 0) is 18.4 Å². The lowest BCUT2D eigenvalue weighted by Gasteiger charge is -2.21. The maximum atomic E-state index is 14.4. The third-order valence-electron chi connectivity index (χ3n) is 3.36. The summed E-state index contributed by atoms with van der Waals surface area (Å²) in [7, 11) is 1.47. The van der Waals surface area contributed by atoms with E-state index in [9.17, 15) is 4.39 Å². The lowest BCUT2D eigenvalue weighted by molar-refractivity contribution is -0.346. The van der Waals surface area contributed by atoms with Gasteiger partial charge in [0, 0.05) is 11.6 Å². The molecule has 1 atom stereocenters. The minimum absolute atomic E-state index is 0.266. The highest BCUT2D eigenvalue weighted by atomic mass is 19.1. The van der Waals surface area contributed by atoms with Gasteiger partial charge in [0.2, 0.25) is 11.7 Å². The first-order valence-corrected chi connectivity index (χ1v) is 6.03. The summed E-state index contributed by atoms with van der Waals surface area (Å²) in [6.07, 6.45) is 2.63. The van der Waals surface area contributed by atoms with Crippen LogP contribution in [0.2, 0.25) is 0 Å². The van der Waals surface area contributed by atoms with Gasteiger partial charge < -0.3 is 9.47 Å². The number of rotatable bonds is 1. The number of H-pyrrole nitrogens is 1. The monoisotopic (exact) mass is 248 g/mol. The second-order valence-corrected chi connectivity index (χ2v) is 4.76. The van der Waals surface area contributed by atoms with Gasteiger partial charge in [-0.2, -0.15) is 0 Å². The highest BCUT2D eigenvalue weighted by Gasteiger charge is 2.25. The molecule has 3 nitrogen and oxygen atoms in total. The van der Waals surface area contributed by atoms with Crippen molar-refractivity contribution >= 4 is 10.9 Å². The number of hydrogen-bond donors (Lipinski definition) is 0. The third-order valence-corrected chi connectivity index (χ3v) is 3.36. The van der Waals surface area contributed by atoms with E-state index >= 15 is 0 Å². The zero-order valence-electron chi connectivity index (χ0n) is 10.4. The van der Waals surface area contributed by atoms with E-state index < -0.39 is 0 Å². The van der Waals surface area contributed by atoms with Crippen LogP contribution < -0.4 is 14.5 Å². The van der Waals surface area contributed by atoms with Crippen molar-refractivity contribution in [1.29, 1.82) is 0 Å². The van der Waals surface area contributed by atoms with Gasteiger partial charge >= 0.3 is 0 Å². The minimum Gasteiger partial charge on any atom is -0.494 e. The van der Waals surface area contributed by atoms with E-state index in [4.69, 9.17) is 9.47 Å². The van der Waals surface area contributed by atoms with E-state index in [0.29, 0.717) is 17.9 Å². The highest BCUT2D eigenvalue weighted by Crippen LogP contribution is 2.35. The molecule has 4 heteroatoms. The van der Waals surface area contributed by atoms with Gasteiger partial charge in [-0.3, -0.25) is 0 Å². The molecule has 1 aliphatic rings. The fourth-order valence-corrected chi connectivity index (χ4v) is 2.45. The normalized spacial score (nSPS) is 18.3. The maximum absolute atomic E-state index is 14.4. The van der Waals surface area contributed by atoms with Crippen LogP contribution in [0.15, 0.2) is 18.3 Å². The average molecular weight is 248 g/mol. The van der Waals surface area contributed by atoms with Crippen molar-refractivity contribution in [2.75, 3.05) is 13.7 Å². The molecule has 0 fully saturated rings. The second-order valence-electron chi connectivity index (χ2n) is 4.76. The quantitative estimate of drug-likeness (QED) is 0.776. The zero-order valence-corrected chi connectivity index (χ0v) is 10.4. The summed E-state index contributed by atoms with van der Waals surface area (Å²) in [4.78, 5) is 3.07. The molecule has 0 aliphatic carbocycles. The Labute approximate surface area is 105 Å². The number of nitrogens with one attached hydrogen (secondary N) is 1. The Kier molecular flexibility index (Phi) is 2.58. The molecule has 0 saturated heterocycles. The number of benzene rings is 1. The molecule has 18 heavy (non-hydrogen) atoms. The van der Waals surface area contributed by atoms with Crippen LogP contribution in [0, 0.1) is 11.7 Å². The Bertz CT molecular complexity index is 607. The first kappa shape index (κ1) is 11.3. The molecule has 3 rings (SSSR count). The van der Waals surface area contributed by atoms with Crippen LogP contribution in [0.25, 0.3) is 10.9 Å². The Morgan fingerprint density at radius 2 is 2.28 bits per heavy atom. The number of ether oxygens (including phenoxy) is 2. The Balaban J connectivity index is 2.32. The zero-order chi connectivity index (χ0) is 12.7. The second kappa shape index (κ2) is 4.12. The molecule has 2 heterocycles. The predicted octanol–water partition coefficient (Wildman–Crippen LogP) is 2.37. The highest BCUT2D eigenvalue weighted by molar-refractivity contribution is 5.83. The van der Waals surface area contributed by atoms with Gasteiger partial charge in [-0.1, -0.05) is 6.92 Å². The van der Waals surface area contributed by atoms with Gasteiger partial charge in [0.15, 0.2) is 17.3 Å². The van der Waals surface area contributed by atoms with E-state index in [1.807, 2.05) is 6.07 Å². The van der Waals surface area contributed by atoms with Crippen LogP contribution in [-0.4, -0.2) is 13.7 Å². The molecule has 0 radical (unpaired) electrons. The van der Waals surface area contributed by atoms with Crippen LogP contribution in [0.4, 0.5) is 4.39 Å². The molecule has 0 saturated carbocycles. The van der Waals surface area contributed by atoms with Crippen LogP contribution in [0.3, 0.4) is 0 Å². The number of pyridine rings is 1. The van der Waals surface area contributed by atoms with E-state index in [0.717, 1.165) is 23.3 Å². The van der Waals surface area contributed by atoms with Crippen molar-refractivity contribution < 1.29 is 18.8 Å². The number of aromatic nitrogens is 1. The van der Waals surface area contributed by atoms with E-state index in [2.05, 4.69) is 11.9 Å². The number of aromatic amines is 1. The first-order valence-electron chi connectivity index (χ1n) is 6.03. The SMILES string of the molecule is COc1ccc2[nH+]cc3c(c2c1F)CC(C)CO3. The summed E-state index contributed by atoms with van der Waals surface area (Å²) in [5, 5.41) is 0.582. The summed E-state index contributed by atoms with van der Waals surface area (Å²) in [6, 6.07) is 3.46. The molecular weight excluding hydrogens is 233 g/mol. The Hall–Kier alpha value is -1.84. The topological polar surface area (TPSA) is 32.6 Å². The predicted molar refractivity (Wildman–Crippen MR) is 65.4 cm³/mol. The summed E-state index contributed by atoms with van der Waals surface area (Å²) in [5.41, 5.74) is 1.70. The smallest absolute Gasteiger partial charge is 0.214 e. The molecule has 1 unspecified atom stereocenters. The van der Waals surface area contributed by atoms with Crippen LogP contribution >= 0.6 is 0 Å². The van der Waals surface area contributed by atoms with Gasteiger partial charge in [-0.15, -0.1) is 0 Å². The first-order chi connectivity index (χ1) is 8.70. The van der Waals surface area contributed by atoms with Gasteiger partial charge in [0.25, 0.3) is 0 Å². The van der Waals surface area contributed by atoms with E-state index in [1.165, 1.54) is 7.11 Å². The minimum atomic E-state index is -0.319. The van der Waals surface area contributed by atoms with Crippen molar-refractivity contribution in [3.8, 4) is 11.5 Å². The lowest BCUT2D eigenvalue weighted by atomic mass is 9.95. The molecule has 94 valence electrons. The van der Waals surface area contributed by atoms with Crippen molar-refractivity contribution in [1.82, 2.24) is 0 Å². The van der Waals surface area contributed by atoms with Gasteiger partial charge in [-0.25, -0.2) is 9.37 Å². The molecule has 1 aromatic heterocycles. The van der Waals surface area contributed by atoms with Crippen LogP contribution in [0.1, 0.15) is 12.5 Å². The van der Waals surface area contributed by atoms with Crippen molar-refractivity contribution in [3.05, 3.63) is 29.7 Å². The standard InChI is InChI=1S/C14H14FNO2/c1-8-5-9-12(18-7-8)6-16-10-3-4-11(17-2)14(15)13(9)10/h3-4,6,8H,5,7H2,1-2H3/p+1. The molecule has 1 N–H and O–H groups in total. The van der Waals surface area contributed by atoms with Crippen molar-refractivity contribution in [2.24, 2.45) is 5.92 Å². The van der Waals surface area contributed by atoms with Gasteiger partial charge in [0.1, 0.15) is 0 Å². The number of hydrogen-bond acceptors (Lipinski definition) is 2. The summed E-state index contributed by atoms with van der Waals surface area (Å²) in [5.74, 6) is 1.09. The molecule has 0 amide bonds.